The minimum Gasteiger partial charge on any atom is -0.334 e. The van der Waals surface area contributed by atoms with Gasteiger partial charge in [-0.15, -0.1) is 0 Å². The highest BCUT2D eigenvalue weighted by atomic mass is 19.1. The molecule has 1 unspecified atom stereocenters. The summed E-state index contributed by atoms with van der Waals surface area (Å²) in [5.74, 6) is -0.230. The number of carbonyl (C=O) groups excluding carboxylic acids is 1. The van der Waals surface area contributed by atoms with Gasteiger partial charge in [-0.1, -0.05) is 53.2 Å². The smallest absolute Gasteiger partial charge is 0.327 e. The number of nitrogens with zero attached hydrogens (tertiary/aromatic N) is 3. The van der Waals surface area contributed by atoms with Crippen molar-refractivity contribution in [2.45, 2.75) is 26.8 Å². The Bertz CT molecular complexity index is 1440. The molecule has 0 aliphatic carbocycles. The van der Waals surface area contributed by atoms with Gasteiger partial charge in [0.05, 0.1) is 17.3 Å². The van der Waals surface area contributed by atoms with Gasteiger partial charge < -0.3 is 9.84 Å². The summed E-state index contributed by atoms with van der Waals surface area (Å²) in [5.41, 5.74) is 4.36. The third kappa shape index (κ3) is 4.19. The molecule has 0 spiro atoms. The topological polar surface area (TPSA) is 71.3 Å². The summed E-state index contributed by atoms with van der Waals surface area (Å²) in [7, 11) is 0. The molecule has 8 heteroatoms. The first kappa shape index (κ1) is 22.5. The maximum absolute atomic E-state index is 14.4. The van der Waals surface area contributed by atoms with Crippen LogP contribution in [0.5, 0.6) is 0 Å². The van der Waals surface area contributed by atoms with Crippen LogP contribution in [-0.4, -0.2) is 16.2 Å². The lowest BCUT2D eigenvalue weighted by Gasteiger charge is -2.35. The molecule has 3 aromatic carbocycles. The Kier molecular flexibility index (Phi) is 5.64. The first-order valence-electron chi connectivity index (χ1n) is 11.1. The van der Waals surface area contributed by atoms with Crippen LogP contribution in [0.25, 0.3) is 17.0 Å². The van der Waals surface area contributed by atoms with E-state index >= 15 is 0 Å². The number of carbonyl (C=O) groups is 1. The van der Waals surface area contributed by atoms with Crippen molar-refractivity contribution in [3.05, 3.63) is 107 Å². The number of anilines is 1. The van der Waals surface area contributed by atoms with Gasteiger partial charge in [-0.25, -0.2) is 13.6 Å². The Morgan fingerprint density at radius 1 is 0.943 bits per heavy atom. The van der Waals surface area contributed by atoms with E-state index in [4.69, 9.17) is 4.52 Å². The second-order valence-corrected chi connectivity index (χ2v) is 8.49. The molecule has 2 heterocycles. The number of rotatable bonds is 4. The van der Waals surface area contributed by atoms with Gasteiger partial charge in [-0.3, -0.25) is 4.90 Å². The maximum Gasteiger partial charge on any atom is 0.327 e. The van der Waals surface area contributed by atoms with E-state index in [2.05, 4.69) is 15.5 Å². The normalized spacial score (nSPS) is 16.0. The largest absolute Gasteiger partial charge is 0.334 e. The van der Waals surface area contributed by atoms with Gasteiger partial charge in [0.2, 0.25) is 5.82 Å². The van der Waals surface area contributed by atoms with Gasteiger partial charge in [-0.05, 0) is 56.2 Å². The highest BCUT2D eigenvalue weighted by Gasteiger charge is 2.36. The summed E-state index contributed by atoms with van der Waals surface area (Å²) in [6.07, 6.45) is 0. The molecule has 0 saturated carbocycles. The second-order valence-electron chi connectivity index (χ2n) is 8.49. The van der Waals surface area contributed by atoms with E-state index in [-0.39, 0.29) is 5.89 Å². The zero-order valence-electron chi connectivity index (χ0n) is 19.3. The number of hydrogen-bond donors (Lipinski definition) is 1. The van der Waals surface area contributed by atoms with Gasteiger partial charge in [0.15, 0.2) is 0 Å². The Balaban J connectivity index is 1.65. The van der Waals surface area contributed by atoms with Crippen molar-refractivity contribution in [3.63, 3.8) is 0 Å². The van der Waals surface area contributed by atoms with Gasteiger partial charge in [0.25, 0.3) is 5.89 Å². The van der Waals surface area contributed by atoms with E-state index < -0.39 is 23.7 Å². The lowest BCUT2D eigenvalue weighted by atomic mass is 9.94. The molecule has 35 heavy (non-hydrogen) atoms. The average Bonchev–Trinajstić information content (AvgIpc) is 3.31. The monoisotopic (exact) mass is 472 g/mol. The number of amides is 2. The number of hydrogen-bond acceptors (Lipinski definition) is 4. The fraction of sp³-hybridized carbons (Fsp3) is 0.148. The summed E-state index contributed by atoms with van der Waals surface area (Å²) < 4.78 is 33.6. The molecule has 1 aliphatic rings. The molecule has 1 aliphatic heterocycles. The van der Waals surface area contributed by atoms with Crippen LogP contribution in [0.2, 0.25) is 0 Å². The number of aryl methyl sites for hydroxylation is 2. The third-order valence-corrected chi connectivity index (χ3v) is 6.07. The summed E-state index contributed by atoms with van der Waals surface area (Å²) in [4.78, 5) is 19.2. The van der Waals surface area contributed by atoms with Crippen LogP contribution in [0.4, 0.5) is 19.3 Å². The molecular formula is C27H22F2N4O2. The summed E-state index contributed by atoms with van der Waals surface area (Å²) in [5, 5.41) is 7.07. The standard InChI is InChI=1S/C27H22F2N4O2/c1-15-4-7-19(8-5-15)25-31-26(35-32-25)23-17(3)33(21-13-6-16(2)22(29)14-21)27(34)30-24(23)18-9-11-20(28)12-10-18/h4-14,24H,1-3H3,(H,30,34). The van der Waals surface area contributed by atoms with Crippen LogP contribution in [0.1, 0.15) is 35.5 Å². The Labute approximate surface area is 200 Å². The molecular weight excluding hydrogens is 450 g/mol. The lowest BCUT2D eigenvalue weighted by Crippen LogP contribution is -2.46. The predicted octanol–water partition coefficient (Wildman–Crippen LogP) is 6.33. The van der Waals surface area contributed by atoms with Crippen molar-refractivity contribution in [3.8, 4) is 11.4 Å². The van der Waals surface area contributed by atoms with Gasteiger partial charge >= 0.3 is 6.03 Å². The molecule has 4 aromatic rings. The average molecular weight is 472 g/mol. The van der Waals surface area contributed by atoms with Crippen molar-refractivity contribution in [2.24, 2.45) is 0 Å². The number of benzene rings is 3. The van der Waals surface area contributed by atoms with Crippen LogP contribution in [0, 0.1) is 25.5 Å². The maximum atomic E-state index is 14.4. The molecule has 1 N–H and O–H groups in total. The SMILES string of the molecule is CC1=C(c2nc(-c3ccc(C)cc3)no2)C(c2ccc(F)cc2)NC(=O)N1c1ccc(C)c(F)c1. The first-order chi connectivity index (χ1) is 16.8. The van der Waals surface area contributed by atoms with Crippen molar-refractivity contribution in [1.82, 2.24) is 15.5 Å². The Hall–Kier alpha value is -4.33. The van der Waals surface area contributed by atoms with E-state index in [1.807, 2.05) is 31.2 Å². The number of allylic oxidation sites excluding steroid dienone is 1. The highest BCUT2D eigenvalue weighted by Crippen LogP contribution is 2.39. The molecule has 2 amide bonds. The van der Waals surface area contributed by atoms with E-state index in [0.29, 0.717) is 33.9 Å². The van der Waals surface area contributed by atoms with Gasteiger partial charge in [0.1, 0.15) is 11.6 Å². The summed E-state index contributed by atoms with van der Waals surface area (Å²) in [6.45, 7) is 5.37. The van der Waals surface area contributed by atoms with E-state index in [1.54, 1.807) is 38.1 Å². The number of aromatic nitrogens is 2. The molecule has 1 atom stereocenters. The second kappa shape index (κ2) is 8.79. The van der Waals surface area contributed by atoms with Crippen molar-refractivity contribution in [2.75, 3.05) is 4.90 Å². The van der Waals surface area contributed by atoms with E-state index in [0.717, 1.165) is 11.1 Å². The zero-order chi connectivity index (χ0) is 24.7. The van der Waals surface area contributed by atoms with Crippen molar-refractivity contribution < 1.29 is 18.1 Å². The molecule has 176 valence electrons. The molecule has 1 aromatic heterocycles. The Morgan fingerprint density at radius 3 is 2.34 bits per heavy atom. The zero-order valence-corrected chi connectivity index (χ0v) is 19.3. The lowest BCUT2D eigenvalue weighted by molar-refractivity contribution is 0.244. The van der Waals surface area contributed by atoms with E-state index in [9.17, 15) is 13.6 Å². The molecule has 5 rings (SSSR count). The van der Waals surface area contributed by atoms with Crippen LogP contribution in [0.3, 0.4) is 0 Å². The van der Waals surface area contributed by atoms with Crippen molar-refractivity contribution >= 4 is 17.3 Å². The number of urea groups is 1. The molecule has 6 nitrogen and oxygen atoms in total. The highest BCUT2D eigenvalue weighted by molar-refractivity contribution is 6.01. The third-order valence-electron chi connectivity index (χ3n) is 6.07. The number of halogens is 2. The van der Waals surface area contributed by atoms with Crippen LogP contribution < -0.4 is 10.2 Å². The quantitative estimate of drug-likeness (QED) is 0.377. The first-order valence-corrected chi connectivity index (χ1v) is 11.1. The minimum atomic E-state index is -0.680. The molecule has 0 bridgehead atoms. The summed E-state index contributed by atoms with van der Waals surface area (Å²) in [6, 6.07) is 17.0. The molecule has 0 radical (unpaired) electrons. The van der Waals surface area contributed by atoms with Gasteiger partial charge in [0, 0.05) is 11.3 Å². The predicted molar refractivity (Wildman–Crippen MR) is 128 cm³/mol. The minimum absolute atomic E-state index is 0.199. The number of nitrogens with one attached hydrogen (secondary N) is 1. The fourth-order valence-corrected chi connectivity index (χ4v) is 4.11. The van der Waals surface area contributed by atoms with E-state index in [1.165, 1.54) is 23.1 Å². The van der Waals surface area contributed by atoms with Crippen LogP contribution in [-0.2, 0) is 0 Å². The molecule has 0 fully saturated rings. The van der Waals surface area contributed by atoms with Crippen LogP contribution >= 0.6 is 0 Å². The van der Waals surface area contributed by atoms with Crippen LogP contribution in [0.15, 0.2) is 77.0 Å². The van der Waals surface area contributed by atoms with Gasteiger partial charge in [-0.2, -0.15) is 4.98 Å². The molecule has 0 saturated heterocycles. The Morgan fingerprint density at radius 2 is 1.66 bits per heavy atom. The summed E-state index contributed by atoms with van der Waals surface area (Å²) >= 11 is 0. The fourth-order valence-electron chi connectivity index (χ4n) is 4.11. The van der Waals surface area contributed by atoms with Crippen molar-refractivity contribution in [1.29, 1.82) is 0 Å².